The number of amides is 1. The monoisotopic (exact) mass is 625 g/mol. The van der Waals surface area contributed by atoms with Crippen LogP contribution in [0, 0.1) is 0 Å². The number of nitrogens with zero attached hydrogens (tertiary/aromatic N) is 1. The number of aliphatic hydroxyl groups is 1. The molecular weight excluding hydrogens is 591 g/mol. The Labute approximate surface area is 252 Å². The third-order valence-corrected chi connectivity index (χ3v) is 7.32. The number of ketones is 1. The molecule has 2 aromatic carbocycles. The van der Waals surface area contributed by atoms with Crippen LogP contribution in [0.2, 0.25) is 5.02 Å². The highest BCUT2D eigenvalue weighted by atomic mass is 35.5. The van der Waals surface area contributed by atoms with Crippen LogP contribution in [0.4, 0.5) is 13.2 Å². The number of aromatic hydroxyl groups is 1. The molecule has 13 heteroatoms. The van der Waals surface area contributed by atoms with Crippen molar-refractivity contribution < 1.29 is 42.5 Å². The average molecular weight is 626 g/mol. The first-order chi connectivity index (χ1) is 20.1. The number of β-amino-alcohol motifs (C(OH)–C–C–N with tert-alkyl or cyclic N) is 1. The summed E-state index contributed by atoms with van der Waals surface area (Å²) in [6.45, 7) is 3.85. The standard InChI is InChI=1S/C30H35ClF3N3O6/c1-4-43-27(41)12-19(18-8-21(13-22(31)9-18)29(2,3)30(32,33)34)10-24(39)14-37-28(42)20-5-17(6-23(38)11-20)7-26-35-15-25(40)16-36-26/h5-6,8-9,11,13,19,25,38,40H,4,7,10,12,14-16H2,1-3H3,(H,35,36)(H,37,42)/t19-/m0/s1. The van der Waals surface area contributed by atoms with Gasteiger partial charge in [0.15, 0.2) is 5.78 Å². The van der Waals surface area contributed by atoms with Crippen LogP contribution in [0.15, 0.2) is 41.4 Å². The Morgan fingerprint density at radius 1 is 1.14 bits per heavy atom. The van der Waals surface area contributed by atoms with Gasteiger partial charge >= 0.3 is 12.1 Å². The van der Waals surface area contributed by atoms with Crippen LogP contribution in [0.3, 0.4) is 0 Å². The summed E-state index contributed by atoms with van der Waals surface area (Å²) < 4.78 is 46.3. The van der Waals surface area contributed by atoms with Gasteiger partial charge in [0.2, 0.25) is 0 Å². The highest BCUT2D eigenvalue weighted by Gasteiger charge is 2.48. The maximum atomic E-state index is 13.8. The fourth-order valence-corrected chi connectivity index (χ4v) is 4.76. The fourth-order valence-electron chi connectivity index (χ4n) is 4.52. The van der Waals surface area contributed by atoms with E-state index in [0.717, 1.165) is 13.8 Å². The van der Waals surface area contributed by atoms with E-state index in [2.05, 4.69) is 15.6 Å². The lowest BCUT2D eigenvalue weighted by Crippen LogP contribution is -2.39. The number of benzene rings is 2. The molecule has 0 saturated heterocycles. The molecule has 0 radical (unpaired) electrons. The predicted molar refractivity (Wildman–Crippen MR) is 155 cm³/mol. The lowest BCUT2D eigenvalue weighted by atomic mass is 9.81. The van der Waals surface area contributed by atoms with Gasteiger partial charge in [-0.15, -0.1) is 0 Å². The molecule has 234 valence electrons. The zero-order valence-electron chi connectivity index (χ0n) is 24.1. The van der Waals surface area contributed by atoms with Crippen LogP contribution in [0.1, 0.15) is 66.6 Å². The first-order valence-electron chi connectivity index (χ1n) is 13.7. The molecular formula is C30H35ClF3N3O6. The highest BCUT2D eigenvalue weighted by Crippen LogP contribution is 2.42. The molecule has 0 fully saturated rings. The topological polar surface area (TPSA) is 137 Å². The molecule has 9 nitrogen and oxygen atoms in total. The van der Waals surface area contributed by atoms with Crippen LogP contribution in [-0.4, -0.2) is 72.2 Å². The Morgan fingerprint density at radius 2 is 1.86 bits per heavy atom. The summed E-state index contributed by atoms with van der Waals surface area (Å²) in [5.41, 5.74) is -1.44. The molecule has 0 aromatic heterocycles. The van der Waals surface area contributed by atoms with Crippen molar-refractivity contribution in [3.8, 4) is 5.75 Å². The van der Waals surface area contributed by atoms with Gasteiger partial charge in [-0.2, -0.15) is 13.2 Å². The fraction of sp³-hybridized carbons (Fsp3) is 0.467. The number of aliphatic imine (C=N–C) groups is 1. The van der Waals surface area contributed by atoms with Crippen LogP contribution < -0.4 is 10.6 Å². The molecule has 1 aliphatic heterocycles. The van der Waals surface area contributed by atoms with E-state index in [4.69, 9.17) is 16.3 Å². The summed E-state index contributed by atoms with van der Waals surface area (Å²) >= 11 is 6.18. The van der Waals surface area contributed by atoms with Crippen molar-refractivity contribution in [2.24, 2.45) is 4.99 Å². The number of carbonyl (C=O) groups excluding carboxylic acids is 3. The number of ether oxygens (including phenoxy) is 1. The number of alkyl halides is 3. The summed E-state index contributed by atoms with van der Waals surface area (Å²) in [5.74, 6) is -2.21. The van der Waals surface area contributed by atoms with E-state index in [1.807, 2.05) is 0 Å². The number of phenolic OH excluding ortho intramolecular Hbond substituents is 1. The van der Waals surface area contributed by atoms with E-state index in [1.165, 1.54) is 36.4 Å². The minimum atomic E-state index is -4.58. The number of amidine groups is 1. The van der Waals surface area contributed by atoms with Crippen molar-refractivity contribution in [2.75, 3.05) is 26.2 Å². The number of phenols is 1. The number of Topliss-reactive ketones (excluding diaryl/α,β-unsaturated/α-hetero) is 1. The molecule has 1 aliphatic rings. The number of carbonyl (C=O) groups is 3. The van der Waals surface area contributed by atoms with Crippen molar-refractivity contribution in [1.82, 2.24) is 10.6 Å². The summed E-state index contributed by atoms with van der Waals surface area (Å²) in [6.07, 6.45) is -5.46. The smallest absolute Gasteiger partial charge is 0.397 e. The van der Waals surface area contributed by atoms with E-state index in [1.54, 1.807) is 6.92 Å². The van der Waals surface area contributed by atoms with Crippen LogP contribution >= 0.6 is 11.6 Å². The Bertz CT molecular complexity index is 1380. The normalized spacial score (nSPS) is 16.1. The maximum Gasteiger partial charge on any atom is 0.397 e. The number of halogens is 4. The Hall–Kier alpha value is -3.64. The molecule has 2 atom stereocenters. The largest absolute Gasteiger partial charge is 0.508 e. The third kappa shape index (κ3) is 9.42. The van der Waals surface area contributed by atoms with Crippen LogP contribution in [-0.2, 0) is 26.2 Å². The Morgan fingerprint density at radius 3 is 2.49 bits per heavy atom. The minimum Gasteiger partial charge on any atom is -0.508 e. The third-order valence-electron chi connectivity index (χ3n) is 7.11. The molecule has 1 heterocycles. The highest BCUT2D eigenvalue weighted by molar-refractivity contribution is 6.30. The van der Waals surface area contributed by atoms with Crippen molar-refractivity contribution in [1.29, 1.82) is 0 Å². The number of rotatable bonds is 12. The molecule has 1 amide bonds. The quantitative estimate of drug-likeness (QED) is 0.259. The van der Waals surface area contributed by atoms with Gasteiger partial charge in [-0.25, -0.2) is 0 Å². The van der Waals surface area contributed by atoms with E-state index in [9.17, 15) is 37.8 Å². The average Bonchev–Trinajstić information content (AvgIpc) is 2.91. The number of hydrogen-bond donors (Lipinski definition) is 4. The zero-order chi connectivity index (χ0) is 31.9. The van der Waals surface area contributed by atoms with Gasteiger partial charge < -0.3 is 25.6 Å². The molecule has 3 rings (SSSR count). The molecule has 0 aliphatic carbocycles. The lowest BCUT2D eigenvalue weighted by Gasteiger charge is -2.29. The van der Waals surface area contributed by atoms with Gasteiger partial charge in [-0.3, -0.25) is 19.4 Å². The van der Waals surface area contributed by atoms with Crippen LogP contribution in [0.25, 0.3) is 0 Å². The van der Waals surface area contributed by atoms with Gasteiger partial charge in [0, 0.05) is 35.9 Å². The number of hydrogen-bond acceptors (Lipinski definition) is 8. The van der Waals surface area contributed by atoms with Crippen molar-refractivity contribution in [3.05, 3.63) is 63.7 Å². The molecule has 1 unspecified atom stereocenters. The van der Waals surface area contributed by atoms with Gasteiger partial charge in [0.25, 0.3) is 5.91 Å². The van der Waals surface area contributed by atoms with Crippen molar-refractivity contribution in [2.45, 2.75) is 63.6 Å². The first-order valence-corrected chi connectivity index (χ1v) is 14.1. The second-order valence-corrected chi connectivity index (χ2v) is 11.4. The van der Waals surface area contributed by atoms with E-state index >= 15 is 0 Å². The molecule has 0 bridgehead atoms. The van der Waals surface area contributed by atoms with Gasteiger partial charge in [0.05, 0.1) is 37.6 Å². The summed E-state index contributed by atoms with van der Waals surface area (Å²) in [6, 6.07) is 8.14. The van der Waals surface area contributed by atoms with E-state index in [0.29, 0.717) is 17.9 Å². The van der Waals surface area contributed by atoms with Crippen molar-refractivity contribution in [3.63, 3.8) is 0 Å². The first kappa shape index (κ1) is 33.9. The molecule has 2 aromatic rings. The van der Waals surface area contributed by atoms with Gasteiger partial charge in [-0.05, 0) is 67.8 Å². The summed E-state index contributed by atoms with van der Waals surface area (Å²) in [7, 11) is 0. The van der Waals surface area contributed by atoms with Gasteiger partial charge in [0.1, 0.15) is 11.6 Å². The van der Waals surface area contributed by atoms with Gasteiger partial charge in [-0.1, -0.05) is 17.7 Å². The van der Waals surface area contributed by atoms with Crippen LogP contribution in [0.5, 0.6) is 5.75 Å². The molecule has 0 saturated carbocycles. The predicted octanol–water partition coefficient (Wildman–Crippen LogP) is 4.22. The number of nitrogens with one attached hydrogen (secondary N) is 2. The summed E-state index contributed by atoms with van der Waals surface area (Å²) in [5, 5.41) is 25.2. The SMILES string of the molecule is CCOC(=O)C[C@H](CC(=O)CNC(=O)c1cc(O)cc(CC2=NCC(O)CN2)c1)c1cc(Cl)cc(C(C)(C)C(F)(F)F)c1. The molecule has 43 heavy (non-hydrogen) atoms. The Balaban J connectivity index is 1.75. The zero-order valence-corrected chi connectivity index (χ0v) is 24.8. The number of esters is 1. The van der Waals surface area contributed by atoms with E-state index < -0.39 is 47.8 Å². The number of aliphatic hydroxyl groups excluding tert-OH is 1. The maximum absolute atomic E-state index is 13.8. The summed E-state index contributed by atoms with van der Waals surface area (Å²) in [4.78, 5) is 42.4. The minimum absolute atomic E-state index is 0.0182. The Kier molecular flexibility index (Phi) is 11.2. The lowest BCUT2D eigenvalue weighted by molar-refractivity contribution is -0.180. The molecule has 0 spiro atoms. The van der Waals surface area contributed by atoms with Crippen molar-refractivity contribution >= 4 is 35.1 Å². The van der Waals surface area contributed by atoms with E-state index in [-0.39, 0.29) is 59.9 Å². The second-order valence-electron chi connectivity index (χ2n) is 10.9. The second kappa shape index (κ2) is 14.2. The molecule has 4 N–H and O–H groups in total.